The quantitative estimate of drug-likeness (QED) is 0.688. The Kier molecular flexibility index (Phi) is 5.34. The Morgan fingerprint density at radius 2 is 1.96 bits per heavy atom. The number of rotatable bonds is 5. The van der Waals surface area contributed by atoms with E-state index in [1.165, 1.54) is 42.6 Å². The molecule has 0 radical (unpaired) electrons. The van der Waals surface area contributed by atoms with Crippen LogP contribution in [0.2, 0.25) is 10.0 Å². The zero-order valence-corrected chi connectivity index (χ0v) is 15.9. The van der Waals surface area contributed by atoms with Crippen LogP contribution in [-0.4, -0.2) is 18.0 Å². The molecule has 1 N–H and O–H groups in total. The third kappa shape index (κ3) is 3.91. The van der Waals surface area contributed by atoms with Crippen LogP contribution in [-0.2, 0) is 17.1 Å². The van der Waals surface area contributed by atoms with Crippen molar-refractivity contribution in [3.63, 3.8) is 0 Å². The molecule has 3 aromatic rings. The van der Waals surface area contributed by atoms with Crippen LogP contribution >= 0.6 is 23.2 Å². The van der Waals surface area contributed by atoms with Gasteiger partial charge in [0.15, 0.2) is 0 Å². The SMILES string of the molecule is Cn1ccnc1C(NS(=O)(=O)c1cc(Cl)ccc1Cl)c1cccc(F)c1. The first-order valence-corrected chi connectivity index (χ1v) is 9.72. The van der Waals surface area contributed by atoms with Gasteiger partial charge in [-0.2, -0.15) is 4.72 Å². The maximum Gasteiger partial charge on any atom is 0.243 e. The largest absolute Gasteiger partial charge is 0.336 e. The molecule has 0 saturated carbocycles. The minimum atomic E-state index is -4.06. The molecule has 9 heteroatoms. The van der Waals surface area contributed by atoms with Gasteiger partial charge < -0.3 is 4.57 Å². The van der Waals surface area contributed by atoms with E-state index in [0.717, 1.165) is 0 Å². The van der Waals surface area contributed by atoms with E-state index in [1.807, 2.05) is 0 Å². The number of halogens is 3. The van der Waals surface area contributed by atoms with E-state index < -0.39 is 21.9 Å². The van der Waals surface area contributed by atoms with Crippen molar-refractivity contribution in [1.82, 2.24) is 14.3 Å². The molecule has 0 fully saturated rings. The molecule has 0 bridgehead atoms. The lowest BCUT2D eigenvalue weighted by Gasteiger charge is -2.20. The molecule has 1 atom stereocenters. The zero-order valence-electron chi connectivity index (χ0n) is 13.5. The monoisotopic (exact) mass is 413 g/mol. The smallest absolute Gasteiger partial charge is 0.243 e. The molecular weight excluding hydrogens is 400 g/mol. The second-order valence-electron chi connectivity index (χ2n) is 5.58. The molecule has 2 aromatic carbocycles. The summed E-state index contributed by atoms with van der Waals surface area (Å²) in [5.41, 5.74) is 0.404. The first-order chi connectivity index (χ1) is 12.3. The third-order valence-electron chi connectivity index (χ3n) is 3.75. The van der Waals surface area contributed by atoms with Crippen LogP contribution in [0.25, 0.3) is 0 Å². The summed E-state index contributed by atoms with van der Waals surface area (Å²) in [4.78, 5) is 4.03. The van der Waals surface area contributed by atoms with Gasteiger partial charge in [0.25, 0.3) is 0 Å². The Balaban J connectivity index is 2.09. The highest BCUT2D eigenvalue weighted by molar-refractivity contribution is 7.89. The second-order valence-corrected chi connectivity index (χ2v) is 8.11. The van der Waals surface area contributed by atoms with Crippen molar-refractivity contribution in [2.45, 2.75) is 10.9 Å². The number of sulfonamides is 1. The molecule has 0 aliphatic heterocycles. The van der Waals surface area contributed by atoms with Crippen LogP contribution in [0.4, 0.5) is 4.39 Å². The molecule has 0 saturated heterocycles. The molecule has 5 nitrogen and oxygen atoms in total. The Morgan fingerprint density at radius 1 is 1.19 bits per heavy atom. The van der Waals surface area contributed by atoms with Gasteiger partial charge in [-0.25, -0.2) is 17.8 Å². The van der Waals surface area contributed by atoms with Gasteiger partial charge in [-0.1, -0.05) is 35.3 Å². The van der Waals surface area contributed by atoms with Gasteiger partial charge in [-0.3, -0.25) is 0 Å². The van der Waals surface area contributed by atoms with Crippen LogP contribution in [0.1, 0.15) is 17.4 Å². The predicted octanol–water partition coefficient (Wildman–Crippen LogP) is 3.93. The molecule has 3 rings (SSSR count). The van der Waals surface area contributed by atoms with Crippen molar-refractivity contribution in [1.29, 1.82) is 0 Å². The highest BCUT2D eigenvalue weighted by Gasteiger charge is 2.27. The highest BCUT2D eigenvalue weighted by atomic mass is 35.5. The lowest BCUT2D eigenvalue weighted by molar-refractivity contribution is 0.560. The van der Waals surface area contributed by atoms with Gasteiger partial charge in [0, 0.05) is 24.5 Å². The maximum atomic E-state index is 13.7. The van der Waals surface area contributed by atoms with Crippen molar-refractivity contribution >= 4 is 33.2 Å². The average molecular weight is 414 g/mol. The average Bonchev–Trinajstić information content (AvgIpc) is 3.00. The first-order valence-electron chi connectivity index (χ1n) is 7.48. The highest BCUT2D eigenvalue weighted by Crippen LogP contribution is 2.28. The standard InChI is InChI=1S/C17H14Cl2FN3O2S/c1-23-8-7-21-17(23)16(11-3-2-4-13(20)9-11)22-26(24,25)15-10-12(18)5-6-14(15)19/h2-10,16,22H,1H3. The van der Waals surface area contributed by atoms with Crippen molar-refractivity contribution in [2.24, 2.45) is 7.05 Å². The molecule has 1 aromatic heterocycles. The molecule has 136 valence electrons. The van der Waals surface area contributed by atoms with E-state index in [9.17, 15) is 12.8 Å². The Labute approximate surface area is 160 Å². The number of imidazole rings is 1. The number of aryl methyl sites for hydroxylation is 1. The number of hydrogen-bond acceptors (Lipinski definition) is 3. The number of benzene rings is 2. The van der Waals surface area contributed by atoms with Gasteiger partial charge in [-0.05, 0) is 35.9 Å². The summed E-state index contributed by atoms with van der Waals surface area (Å²) in [6, 6.07) is 8.88. The summed E-state index contributed by atoms with van der Waals surface area (Å²) in [6.07, 6.45) is 3.20. The summed E-state index contributed by atoms with van der Waals surface area (Å²) in [5.74, 6) is -0.0842. The lowest BCUT2D eigenvalue weighted by atomic mass is 10.1. The fourth-order valence-corrected chi connectivity index (χ4v) is 4.46. The van der Waals surface area contributed by atoms with Crippen molar-refractivity contribution < 1.29 is 12.8 Å². The number of nitrogens with zero attached hydrogens (tertiary/aromatic N) is 2. The Bertz CT molecular complexity index is 1050. The molecular formula is C17H14Cl2FN3O2S. The fourth-order valence-electron chi connectivity index (χ4n) is 2.51. The van der Waals surface area contributed by atoms with Crippen LogP contribution in [0.15, 0.2) is 59.8 Å². The van der Waals surface area contributed by atoms with Crippen molar-refractivity contribution in [3.8, 4) is 0 Å². The van der Waals surface area contributed by atoms with Crippen LogP contribution < -0.4 is 4.72 Å². The summed E-state index contributed by atoms with van der Waals surface area (Å²) >= 11 is 11.9. The van der Waals surface area contributed by atoms with E-state index >= 15 is 0 Å². The van der Waals surface area contributed by atoms with Crippen LogP contribution in [0.3, 0.4) is 0 Å². The third-order valence-corrected chi connectivity index (χ3v) is 5.89. The van der Waals surface area contributed by atoms with E-state index in [2.05, 4.69) is 9.71 Å². The van der Waals surface area contributed by atoms with E-state index in [-0.39, 0.29) is 14.9 Å². The van der Waals surface area contributed by atoms with Gasteiger partial charge in [0.2, 0.25) is 10.0 Å². The second kappa shape index (κ2) is 7.36. The maximum absolute atomic E-state index is 13.7. The zero-order chi connectivity index (χ0) is 18.9. The summed E-state index contributed by atoms with van der Waals surface area (Å²) in [6.45, 7) is 0. The molecule has 0 spiro atoms. The Morgan fingerprint density at radius 3 is 2.62 bits per heavy atom. The normalized spacial score (nSPS) is 12.9. The summed E-state index contributed by atoms with van der Waals surface area (Å²) in [5, 5.41) is 0.258. The van der Waals surface area contributed by atoms with Gasteiger partial charge in [-0.15, -0.1) is 0 Å². The van der Waals surface area contributed by atoms with Crippen LogP contribution in [0, 0.1) is 5.82 Å². The lowest BCUT2D eigenvalue weighted by Crippen LogP contribution is -2.31. The first kappa shape index (κ1) is 18.8. The van der Waals surface area contributed by atoms with Gasteiger partial charge in [0.05, 0.1) is 5.02 Å². The summed E-state index contributed by atoms with van der Waals surface area (Å²) in [7, 11) is -2.34. The molecule has 1 unspecified atom stereocenters. The van der Waals surface area contributed by atoms with E-state index in [4.69, 9.17) is 23.2 Å². The molecule has 0 amide bonds. The summed E-state index contributed by atoms with van der Waals surface area (Å²) < 4.78 is 43.7. The molecule has 0 aliphatic rings. The molecule has 26 heavy (non-hydrogen) atoms. The van der Waals surface area contributed by atoms with Gasteiger partial charge >= 0.3 is 0 Å². The number of nitrogens with one attached hydrogen (secondary N) is 1. The topological polar surface area (TPSA) is 64.0 Å². The minimum Gasteiger partial charge on any atom is -0.336 e. The van der Waals surface area contributed by atoms with Crippen LogP contribution in [0.5, 0.6) is 0 Å². The predicted molar refractivity (Wildman–Crippen MR) is 98.2 cm³/mol. The van der Waals surface area contributed by atoms with E-state index in [0.29, 0.717) is 11.4 Å². The van der Waals surface area contributed by atoms with Crippen molar-refractivity contribution in [3.05, 3.63) is 82.1 Å². The minimum absolute atomic E-state index is 0.0275. The molecule has 0 aliphatic carbocycles. The number of aromatic nitrogens is 2. The molecule has 1 heterocycles. The fraction of sp³-hybridized carbons (Fsp3) is 0.118. The van der Waals surface area contributed by atoms with Gasteiger partial charge in [0.1, 0.15) is 22.6 Å². The number of hydrogen-bond donors (Lipinski definition) is 1. The van der Waals surface area contributed by atoms with Crippen molar-refractivity contribution in [2.75, 3.05) is 0 Å². The Hall–Kier alpha value is -1.93. The van der Waals surface area contributed by atoms with E-state index in [1.54, 1.807) is 23.9 Å².